The van der Waals surface area contributed by atoms with Gasteiger partial charge in [0.2, 0.25) is 0 Å². The fraction of sp³-hybridized carbons (Fsp3) is 0.667. The van der Waals surface area contributed by atoms with Gasteiger partial charge in [-0.05, 0) is 37.3 Å². The summed E-state index contributed by atoms with van der Waals surface area (Å²) < 4.78 is 5.91. The number of nitrogens with one attached hydrogen (secondary N) is 1. The highest BCUT2D eigenvalue weighted by Gasteiger charge is 2.30. The fourth-order valence-electron chi connectivity index (χ4n) is 4.06. The average Bonchev–Trinajstić information content (AvgIpc) is 2.98. The average molecular weight is 273 g/mol. The first-order chi connectivity index (χ1) is 9.83. The van der Waals surface area contributed by atoms with Crippen LogP contribution in [0.5, 0.6) is 5.75 Å². The van der Waals surface area contributed by atoms with Crippen LogP contribution in [0.3, 0.4) is 0 Å². The Balaban J connectivity index is 1.79. The summed E-state index contributed by atoms with van der Waals surface area (Å²) in [7, 11) is 2.10. The van der Waals surface area contributed by atoms with E-state index in [1.165, 1.54) is 49.0 Å². The highest BCUT2D eigenvalue weighted by molar-refractivity contribution is 5.45. The van der Waals surface area contributed by atoms with Gasteiger partial charge >= 0.3 is 0 Å². The molecular weight excluding hydrogens is 246 g/mol. The molecule has 2 aliphatic rings. The van der Waals surface area contributed by atoms with Crippen molar-refractivity contribution in [2.45, 2.75) is 51.5 Å². The highest BCUT2D eigenvalue weighted by Crippen LogP contribution is 2.42. The first-order valence-corrected chi connectivity index (χ1v) is 8.25. The van der Waals surface area contributed by atoms with Gasteiger partial charge in [0.25, 0.3) is 0 Å². The third kappa shape index (κ3) is 2.58. The normalized spacial score (nSPS) is 26.9. The van der Waals surface area contributed by atoms with E-state index in [-0.39, 0.29) is 0 Å². The molecule has 1 fully saturated rings. The SMILES string of the molecule is CCC1CCC(C(NC)c2cccc3c2OCC3)CC1. The van der Waals surface area contributed by atoms with E-state index >= 15 is 0 Å². The van der Waals surface area contributed by atoms with E-state index in [0.29, 0.717) is 6.04 Å². The number of ether oxygens (including phenoxy) is 1. The molecule has 0 aromatic heterocycles. The maximum absolute atomic E-state index is 5.91. The van der Waals surface area contributed by atoms with Gasteiger partial charge in [0.1, 0.15) is 5.75 Å². The zero-order valence-corrected chi connectivity index (χ0v) is 12.8. The molecule has 1 heterocycles. The smallest absolute Gasteiger partial charge is 0.127 e. The van der Waals surface area contributed by atoms with Crippen LogP contribution >= 0.6 is 0 Å². The molecule has 1 atom stereocenters. The Bertz CT molecular complexity index is 449. The summed E-state index contributed by atoms with van der Waals surface area (Å²) in [6.07, 6.45) is 7.93. The summed E-state index contributed by atoms with van der Waals surface area (Å²) in [5.41, 5.74) is 2.78. The highest BCUT2D eigenvalue weighted by atomic mass is 16.5. The Hall–Kier alpha value is -1.02. The van der Waals surface area contributed by atoms with Gasteiger partial charge in [-0.3, -0.25) is 0 Å². The molecule has 1 aromatic rings. The van der Waals surface area contributed by atoms with Crippen LogP contribution in [-0.2, 0) is 6.42 Å². The van der Waals surface area contributed by atoms with E-state index in [1.807, 2.05) is 0 Å². The van der Waals surface area contributed by atoms with E-state index in [1.54, 1.807) is 0 Å². The van der Waals surface area contributed by atoms with Gasteiger partial charge in [-0.15, -0.1) is 0 Å². The van der Waals surface area contributed by atoms with Gasteiger partial charge in [-0.1, -0.05) is 44.4 Å². The molecule has 1 N–H and O–H groups in total. The largest absolute Gasteiger partial charge is 0.493 e. The molecule has 1 aromatic carbocycles. The molecule has 0 radical (unpaired) electrons. The van der Waals surface area contributed by atoms with E-state index in [0.717, 1.165) is 24.9 Å². The Labute approximate surface area is 122 Å². The first-order valence-electron chi connectivity index (χ1n) is 8.25. The van der Waals surface area contributed by atoms with Crippen LogP contribution < -0.4 is 10.1 Å². The minimum absolute atomic E-state index is 0.459. The summed E-state index contributed by atoms with van der Waals surface area (Å²) in [6, 6.07) is 7.13. The standard InChI is InChI=1S/C18H27NO/c1-3-13-7-9-14(10-8-13)17(19-2)16-6-4-5-15-11-12-20-18(15)16/h4-6,13-14,17,19H,3,7-12H2,1-2H3. The summed E-state index contributed by atoms with van der Waals surface area (Å²) in [5, 5.41) is 3.57. The molecule has 110 valence electrons. The predicted molar refractivity (Wildman–Crippen MR) is 83.2 cm³/mol. The lowest BCUT2D eigenvalue weighted by Crippen LogP contribution is -2.29. The van der Waals surface area contributed by atoms with Crippen LogP contribution in [-0.4, -0.2) is 13.7 Å². The summed E-state index contributed by atoms with van der Waals surface area (Å²) in [5.74, 6) is 2.89. The van der Waals surface area contributed by atoms with Gasteiger partial charge < -0.3 is 10.1 Å². The van der Waals surface area contributed by atoms with Crippen molar-refractivity contribution in [3.05, 3.63) is 29.3 Å². The van der Waals surface area contributed by atoms with Crippen molar-refractivity contribution >= 4 is 0 Å². The lowest BCUT2D eigenvalue weighted by atomic mass is 9.75. The Morgan fingerprint density at radius 3 is 2.75 bits per heavy atom. The van der Waals surface area contributed by atoms with Crippen molar-refractivity contribution in [3.8, 4) is 5.75 Å². The molecule has 0 bridgehead atoms. The number of para-hydroxylation sites is 1. The van der Waals surface area contributed by atoms with Gasteiger partial charge in [0.05, 0.1) is 6.61 Å². The van der Waals surface area contributed by atoms with Crippen molar-refractivity contribution in [1.82, 2.24) is 5.32 Å². The molecule has 2 nitrogen and oxygen atoms in total. The molecule has 2 heteroatoms. The number of hydrogen-bond acceptors (Lipinski definition) is 2. The minimum Gasteiger partial charge on any atom is -0.493 e. The van der Waals surface area contributed by atoms with Crippen molar-refractivity contribution in [2.24, 2.45) is 11.8 Å². The molecule has 0 spiro atoms. The molecule has 20 heavy (non-hydrogen) atoms. The van der Waals surface area contributed by atoms with Gasteiger partial charge in [-0.25, -0.2) is 0 Å². The summed E-state index contributed by atoms with van der Waals surface area (Å²) >= 11 is 0. The molecule has 1 aliphatic heterocycles. The van der Waals surface area contributed by atoms with Crippen molar-refractivity contribution in [3.63, 3.8) is 0 Å². The van der Waals surface area contributed by atoms with Crippen molar-refractivity contribution < 1.29 is 4.74 Å². The molecule has 1 saturated carbocycles. The van der Waals surface area contributed by atoms with Gasteiger partial charge in [-0.2, -0.15) is 0 Å². The summed E-state index contributed by atoms with van der Waals surface area (Å²) in [4.78, 5) is 0. The maximum Gasteiger partial charge on any atom is 0.127 e. The van der Waals surface area contributed by atoms with E-state index < -0.39 is 0 Å². The topological polar surface area (TPSA) is 21.3 Å². The molecule has 1 unspecified atom stereocenters. The quantitative estimate of drug-likeness (QED) is 0.892. The van der Waals surface area contributed by atoms with Crippen LogP contribution in [0.4, 0.5) is 0 Å². The van der Waals surface area contributed by atoms with Crippen LogP contribution in [0.1, 0.15) is 56.2 Å². The zero-order chi connectivity index (χ0) is 13.9. The Morgan fingerprint density at radius 2 is 2.05 bits per heavy atom. The first kappa shape index (κ1) is 13.9. The third-order valence-corrected chi connectivity index (χ3v) is 5.33. The van der Waals surface area contributed by atoms with Crippen LogP contribution in [0.15, 0.2) is 18.2 Å². The van der Waals surface area contributed by atoms with Crippen LogP contribution in [0.25, 0.3) is 0 Å². The van der Waals surface area contributed by atoms with E-state index in [4.69, 9.17) is 4.74 Å². The second-order valence-corrected chi connectivity index (χ2v) is 6.39. The summed E-state index contributed by atoms with van der Waals surface area (Å²) in [6.45, 7) is 3.18. The Kier molecular flexibility index (Phi) is 4.30. The molecular formula is C18H27NO. The Morgan fingerprint density at radius 1 is 1.25 bits per heavy atom. The minimum atomic E-state index is 0.459. The van der Waals surface area contributed by atoms with Crippen molar-refractivity contribution in [2.75, 3.05) is 13.7 Å². The number of benzene rings is 1. The molecule has 0 amide bonds. The molecule has 3 rings (SSSR count). The third-order valence-electron chi connectivity index (χ3n) is 5.33. The molecule has 0 saturated heterocycles. The maximum atomic E-state index is 5.91. The second kappa shape index (κ2) is 6.17. The van der Waals surface area contributed by atoms with E-state index in [9.17, 15) is 0 Å². The number of rotatable bonds is 4. The number of hydrogen-bond donors (Lipinski definition) is 1. The van der Waals surface area contributed by atoms with Crippen molar-refractivity contribution in [1.29, 1.82) is 0 Å². The lowest BCUT2D eigenvalue weighted by molar-refractivity contribution is 0.221. The predicted octanol–water partition coefficient (Wildman–Crippen LogP) is 4.10. The molecule has 1 aliphatic carbocycles. The fourth-order valence-corrected chi connectivity index (χ4v) is 4.06. The van der Waals surface area contributed by atoms with Crippen LogP contribution in [0.2, 0.25) is 0 Å². The monoisotopic (exact) mass is 273 g/mol. The van der Waals surface area contributed by atoms with Crippen LogP contribution in [0, 0.1) is 11.8 Å². The van der Waals surface area contributed by atoms with E-state index in [2.05, 4.69) is 37.5 Å². The second-order valence-electron chi connectivity index (χ2n) is 6.39. The zero-order valence-electron chi connectivity index (χ0n) is 12.8. The van der Waals surface area contributed by atoms with Gasteiger partial charge in [0.15, 0.2) is 0 Å². The lowest BCUT2D eigenvalue weighted by Gasteiger charge is -2.34. The van der Waals surface area contributed by atoms with Gasteiger partial charge in [0, 0.05) is 18.0 Å². The number of fused-ring (bicyclic) bond motifs is 1.